The van der Waals surface area contributed by atoms with Gasteiger partial charge in [-0.25, -0.2) is 9.97 Å². The van der Waals surface area contributed by atoms with Crippen molar-refractivity contribution in [1.29, 1.82) is 0 Å². The molecule has 1 aliphatic rings. The molecule has 0 bridgehead atoms. The first-order valence-electron chi connectivity index (χ1n) is 7.20. The molecule has 23 heavy (non-hydrogen) atoms. The number of fused-ring (bicyclic) bond motifs is 1. The molecule has 2 N–H and O–H groups in total. The van der Waals surface area contributed by atoms with Gasteiger partial charge in [-0.3, -0.25) is 4.79 Å². The Morgan fingerprint density at radius 1 is 1.22 bits per heavy atom. The van der Waals surface area contributed by atoms with E-state index in [4.69, 9.17) is 5.73 Å². The van der Waals surface area contributed by atoms with Crippen molar-refractivity contribution in [2.45, 2.75) is 12.8 Å². The van der Waals surface area contributed by atoms with Crippen LogP contribution in [0.3, 0.4) is 0 Å². The average molecular weight is 378 g/mol. The van der Waals surface area contributed by atoms with E-state index in [0.29, 0.717) is 13.0 Å². The number of rotatable bonds is 4. The van der Waals surface area contributed by atoms with Gasteiger partial charge in [-0.15, -0.1) is 36.2 Å². The van der Waals surface area contributed by atoms with Crippen LogP contribution >= 0.6 is 36.2 Å². The standard InChI is InChI=1S/C14H19N5OS.2ClH/c15-4-1-2-12(20)18-5-7-19(8-6-18)13-11-3-9-21-14(11)17-10-16-13;;/h3,9-10H,1-2,4-8,15H2;2*1H. The smallest absolute Gasteiger partial charge is 0.222 e. The van der Waals surface area contributed by atoms with E-state index in [1.165, 1.54) is 0 Å². The predicted octanol–water partition coefficient (Wildman–Crippen LogP) is 1.92. The van der Waals surface area contributed by atoms with E-state index >= 15 is 0 Å². The number of hydrogen-bond donors (Lipinski definition) is 1. The first-order chi connectivity index (χ1) is 10.3. The van der Waals surface area contributed by atoms with Crippen LogP contribution in [0.5, 0.6) is 0 Å². The molecule has 0 saturated carbocycles. The zero-order valence-electron chi connectivity index (χ0n) is 12.7. The van der Waals surface area contributed by atoms with Crippen molar-refractivity contribution in [2.24, 2.45) is 5.73 Å². The van der Waals surface area contributed by atoms with Gasteiger partial charge in [0, 0.05) is 32.6 Å². The number of anilines is 1. The molecular weight excluding hydrogens is 357 g/mol. The number of hydrogen-bond acceptors (Lipinski definition) is 6. The molecule has 1 aliphatic heterocycles. The number of thiophene rings is 1. The third-order valence-electron chi connectivity index (χ3n) is 3.77. The lowest BCUT2D eigenvalue weighted by Crippen LogP contribution is -2.49. The number of carbonyl (C=O) groups is 1. The Morgan fingerprint density at radius 3 is 2.65 bits per heavy atom. The Bertz CT molecular complexity index is 630. The van der Waals surface area contributed by atoms with Crippen LogP contribution in [0.1, 0.15) is 12.8 Å². The SMILES string of the molecule is Cl.Cl.NCCCC(=O)N1CCN(c2ncnc3sccc23)CC1. The van der Waals surface area contributed by atoms with Crippen LogP contribution in [0.4, 0.5) is 5.82 Å². The van der Waals surface area contributed by atoms with E-state index < -0.39 is 0 Å². The summed E-state index contributed by atoms with van der Waals surface area (Å²) in [5, 5.41) is 3.14. The third-order valence-corrected chi connectivity index (χ3v) is 4.59. The second-order valence-electron chi connectivity index (χ2n) is 5.10. The summed E-state index contributed by atoms with van der Waals surface area (Å²) in [6, 6.07) is 2.06. The van der Waals surface area contributed by atoms with E-state index in [1.807, 2.05) is 10.3 Å². The molecule has 2 aromatic heterocycles. The molecule has 1 saturated heterocycles. The van der Waals surface area contributed by atoms with Gasteiger partial charge in [0.05, 0.1) is 5.39 Å². The molecule has 9 heteroatoms. The van der Waals surface area contributed by atoms with Gasteiger partial charge in [0.2, 0.25) is 5.91 Å². The minimum atomic E-state index is 0. The van der Waals surface area contributed by atoms with Crippen LogP contribution in [0.25, 0.3) is 10.2 Å². The lowest BCUT2D eigenvalue weighted by molar-refractivity contribution is -0.131. The van der Waals surface area contributed by atoms with Gasteiger partial charge in [-0.2, -0.15) is 0 Å². The van der Waals surface area contributed by atoms with Crippen molar-refractivity contribution < 1.29 is 4.79 Å². The summed E-state index contributed by atoms with van der Waals surface area (Å²) in [5.74, 6) is 1.19. The van der Waals surface area contributed by atoms with Crippen molar-refractivity contribution in [3.8, 4) is 0 Å². The fourth-order valence-corrected chi connectivity index (χ4v) is 3.34. The number of amides is 1. The third kappa shape index (κ3) is 4.44. The van der Waals surface area contributed by atoms with E-state index in [1.54, 1.807) is 17.7 Å². The second-order valence-corrected chi connectivity index (χ2v) is 5.99. The normalized spacial score (nSPS) is 14.3. The number of halogens is 2. The minimum absolute atomic E-state index is 0. The average Bonchev–Trinajstić information content (AvgIpc) is 3.01. The maximum Gasteiger partial charge on any atom is 0.222 e. The summed E-state index contributed by atoms with van der Waals surface area (Å²) in [5.41, 5.74) is 5.45. The summed E-state index contributed by atoms with van der Waals surface area (Å²) in [7, 11) is 0. The second kappa shape index (κ2) is 9.22. The van der Waals surface area contributed by atoms with Crippen LogP contribution < -0.4 is 10.6 Å². The molecule has 0 spiro atoms. The molecular formula is C14H21Cl2N5OS. The molecule has 3 heterocycles. The number of aromatic nitrogens is 2. The number of carbonyl (C=O) groups excluding carboxylic acids is 1. The van der Waals surface area contributed by atoms with Gasteiger partial charge < -0.3 is 15.5 Å². The zero-order valence-corrected chi connectivity index (χ0v) is 15.1. The Kier molecular flexibility index (Phi) is 7.98. The highest BCUT2D eigenvalue weighted by atomic mass is 35.5. The fourth-order valence-electron chi connectivity index (χ4n) is 2.61. The Morgan fingerprint density at radius 2 is 1.96 bits per heavy atom. The van der Waals surface area contributed by atoms with Crippen molar-refractivity contribution >= 4 is 58.1 Å². The van der Waals surface area contributed by atoms with Gasteiger partial charge in [0.15, 0.2) is 0 Å². The summed E-state index contributed by atoms with van der Waals surface area (Å²) in [6.45, 7) is 3.70. The maximum atomic E-state index is 12.0. The summed E-state index contributed by atoms with van der Waals surface area (Å²) < 4.78 is 0. The molecule has 0 unspecified atom stereocenters. The number of nitrogens with zero attached hydrogens (tertiary/aromatic N) is 4. The zero-order chi connectivity index (χ0) is 14.7. The first-order valence-corrected chi connectivity index (χ1v) is 8.08. The molecule has 1 fully saturated rings. The lowest BCUT2D eigenvalue weighted by atomic mass is 10.2. The Balaban J connectivity index is 0.00000132. The predicted molar refractivity (Wildman–Crippen MR) is 99.0 cm³/mol. The fraction of sp³-hybridized carbons (Fsp3) is 0.500. The molecule has 3 rings (SSSR count). The molecule has 0 atom stereocenters. The quantitative estimate of drug-likeness (QED) is 0.880. The van der Waals surface area contributed by atoms with Gasteiger partial charge in [0.25, 0.3) is 0 Å². The van der Waals surface area contributed by atoms with E-state index in [0.717, 1.165) is 48.6 Å². The van der Waals surface area contributed by atoms with E-state index in [2.05, 4.69) is 20.9 Å². The van der Waals surface area contributed by atoms with Gasteiger partial charge in [0.1, 0.15) is 17.0 Å². The lowest BCUT2D eigenvalue weighted by Gasteiger charge is -2.35. The molecule has 6 nitrogen and oxygen atoms in total. The van der Waals surface area contributed by atoms with Crippen molar-refractivity contribution in [3.05, 3.63) is 17.8 Å². The monoisotopic (exact) mass is 377 g/mol. The number of nitrogens with two attached hydrogens (primary N) is 1. The van der Waals surface area contributed by atoms with Crippen LogP contribution in [0.2, 0.25) is 0 Å². The van der Waals surface area contributed by atoms with Crippen LogP contribution in [0.15, 0.2) is 17.8 Å². The molecule has 128 valence electrons. The highest BCUT2D eigenvalue weighted by Gasteiger charge is 2.22. The van der Waals surface area contributed by atoms with Gasteiger partial charge in [-0.1, -0.05) is 0 Å². The largest absolute Gasteiger partial charge is 0.352 e. The molecule has 0 aromatic carbocycles. The van der Waals surface area contributed by atoms with E-state index in [9.17, 15) is 4.79 Å². The molecule has 1 amide bonds. The highest BCUT2D eigenvalue weighted by Crippen LogP contribution is 2.27. The Hall–Kier alpha value is -1.15. The van der Waals surface area contributed by atoms with E-state index in [-0.39, 0.29) is 30.7 Å². The molecule has 2 aromatic rings. The first kappa shape index (κ1) is 19.9. The van der Waals surface area contributed by atoms with Gasteiger partial charge in [-0.05, 0) is 24.4 Å². The number of piperazine rings is 1. The van der Waals surface area contributed by atoms with Crippen LogP contribution in [-0.2, 0) is 4.79 Å². The van der Waals surface area contributed by atoms with Crippen LogP contribution in [0, 0.1) is 0 Å². The molecule has 0 radical (unpaired) electrons. The van der Waals surface area contributed by atoms with Crippen molar-refractivity contribution in [3.63, 3.8) is 0 Å². The summed E-state index contributed by atoms with van der Waals surface area (Å²) >= 11 is 1.63. The molecule has 0 aliphatic carbocycles. The van der Waals surface area contributed by atoms with Gasteiger partial charge >= 0.3 is 0 Å². The summed E-state index contributed by atoms with van der Waals surface area (Å²) in [6.07, 6.45) is 2.94. The van der Waals surface area contributed by atoms with Crippen molar-refractivity contribution in [2.75, 3.05) is 37.6 Å². The highest BCUT2D eigenvalue weighted by molar-refractivity contribution is 7.16. The van der Waals surface area contributed by atoms with Crippen molar-refractivity contribution in [1.82, 2.24) is 14.9 Å². The minimum Gasteiger partial charge on any atom is -0.352 e. The maximum absolute atomic E-state index is 12.0. The summed E-state index contributed by atoms with van der Waals surface area (Å²) in [4.78, 5) is 25.9. The topological polar surface area (TPSA) is 75.4 Å². The van der Waals surface area contributed by atoms with Crippen LogP contribution in [-0.4, -0.2) is 53.5 Å². The Labute approximate surface area is 151 Å².